The van der Waals surface area contributed by atoms with Gasteiger partial charge in [-0.3, -0.25) is 4.79 Å². The van der Waals surface area contributed by atoms with Gasteiger partial charge in [0.05, 0.1) is 7.11 Å². The van der Waals surface area contributed by atoms with Crippen molar-refractivity contribution in [3.8, 4) is 11.8 Å². The Morgan fingerprint density at radius 1 is 1.07 bits per heavy atom. The first kappa shape index (κ1) is 20.0. The molecular weight excluding hydrogens is 345 g/mol. The molecule has 0 bridgehead atoms. The number of hydrogen-bond acceptors (Lipinski definition) is 4. The first-order chi connectivity index (χ1) is 13.1. The average molecular weight is 367 g/mol. The summed E-state index contributed by atoms with van der Waals surface area (Å²) >= 11 is 0. The predicted octanol–water partition coefficient (Wildman–Crippen LogP) is 2.73. The molecule has 2 rings (SSSR count). The minimum atomic E-state index is -0.416. The lowest BCUT2D eigenvalue weighted by molar-refractivity contribution is -0.117. The van der Waals surface area contributed by atoms with E-state index in [4.69, 9.17) is 10.00 Å². The van der Waals surface area contributed by atoms with E-state index in [0.717, 1.165) is 16.9 Å². The van der Waals surface area contributed by atoms with Crippen molar-refractivity contribution in [2.45, 2.75) is 12.8 Å². The van der Waals surface area contributed by atoms with E-state index in [1.54, 1.807) is 19.2 Å². The molecule has 0 aliphatic heterocycles. The molecule has 0 aliphatic rings. The van der Waals surface area contributed by atoms with E-state index in [-0.39, 0.29) is 11.4 Å². The van der Waals surface area contributed by atoms with Crippen molar-refractivity contribution in [1.82, 2.24) is 10.6 Å². The zero-order chi connectivity index (χ0) is 19.5. The number of rotatable bonds is 9. The zero-order valence-electron chi connectivity index (χ0n) is 15.2. The van der Waals surface area contributed by atoms with Crippen molar-refractivity contribution in [3.63, 3.8) is 0 Å². The van der Waals surface area contributed by atoms with E-state index >= 15 is 0 Å². The van der Waals surface area contributed by atoms with Crippen LogP contribution in [0.15, 0.2) is 60.3 Å². The monoisotopic (exact) mass is 367 g/mol. The Morgan fingerprint density at radius 2 is 1.67 bits per heavy atom. The number of carbonyl (C=O) groups excluding carboxylic acids is 1. The van der Waals surface area contributed by atoms with Gasteiger partial charge < -0.3 is 15.4 Å². The molecule has 27 heavy (non-hydrogen) atoms. The highest BCUT2D eigenvalue weighted by molar-refractivity contribution is 5.97. The molecule has 0 unspecified atom stereocenters. The van der Waals surface area contributed by atoms with Crippen LogP contribution in [-0.2, 0) is 17.6 Å². The Morgan fingerprint density at radius 3 is 2.26 bits per heavy atom. The number of carbonyl (C=O) groups is 1. The van der Waals surface area contributed by atoms with Crippen LogP contribution >= 0.6 is 0 Å². The van der Waals surface area contributed by atoms with E-state index in [9.17, 15) is 9.18 Å². The fourth-order valence-electron chi connectivity index (χ4n) is 2.40. The Hall–Kier alpha value is -3.33. The largest absolute Gasteiger partial charge is 0.497 e. The highest BCUT2D eigenvalue weighted by Gasteiger charge is 2.08. The quantitative estimate of drug-likeness (QED) is 0.406. The molecule has 0 saturated carbocycles. The summed E-state index contributed by atoms with van der Waals surface area (Å²) in [6.07, 6.45) is 2.73. The van der Waals surface area contributed by atoms with E-state index in [0.29, 0.717) is 25.9 Å². The lowest BCUT2D eigenvalue weighted by Crippen LogP contribution is -2.28. The predicted molar refractivity (Wildman–Crippen MR) is 102 cm³/mol. The Bertz CT molecular complexity index is 809. The molecule has 0 saturated heterocycles. The summed E-state index contributed by atoms with van der Waals surface area (Å²) in [5, 5.41) is 14.8. The zero-order valence-corrected chi connectivity index (χ0v) is 15.2. The number of methoxy groups -OCH3 is 1. The third-order valence-corrected chi connectivity index (χ3v) is 3.94. The second-order valence-electron chi connectivity index (χ2n) is 5.85. The highest BCUT2D eigenvalue weighted by Crippen LogP contribution is 2.11. The molecule has 0 fully saturated rings. The summed E-state index contributed by atoms with van der Waals surface area (Å²) in [6, 6.07) is 15.7. The number of hydrogen-bond donors (Lipinski definition) is 2. The molecular formula is C21H22FN3O2. The number of nitriles is 1. The van der Waals surface area contributed by atoms with E-state index in [1.807, 2.05) is 30.3 Å². The number of ether oxygens (including phenoxy) is 1. The van der Waals surface area contributed by atoms with Crippen LogP contribution in [0.4, 0.5) is 4.39 Å². The van der Waals surface area contributed by atoms with Crippen LogP contribution in [0.3, 0.4) is 0 Å². The molecule has 0 spiro atoms. The van der Waals surface area contributed by atoms with Crippen LogP contribution in [0.2, 0.25) is 0 Å². The van der Waals surface area contributed by atoms with E-state index < -0.39 is 5.91 Å². The standard InChI is InChI=1S/C21H22FN3O2/c1-27-20-8-4-17(5-9-20)11-13-25-21(26)18(14-23)15-24-12-10-16-2-6-19(22)7-3-16/h2-9,15,24H,10-13H2,1H3,(H,25,26)/b18-15-. The van der Waals surface area contributed by atoms with Gasteiger partial charge in [0.25, 0.3) is 5.91 Å². The van der Waals surface area contributed by atoms with Crippen molar-refractivity contribution >= 4 is 5.91 Å². The molecule has 5 nitrogen and oxygen atoms in total. The molecule has 2 aromatic carbocycles. The Kier molecular flexibility index (Phi) is 7.86. The number of nitrogens with one attached hydrogen (secondary N) is 2. The number of benzene rings is 2. The van der Waals surface area contributed by atoms with Gasteiger partial charge in [-0.2, -0.15) is 5.26 Å². The minimum absolute atomic E-state index is 0.0174. The molecule has 0 heterocycles. The van der Waals surface area contributed by atoms with Gasteiger partial charge in [-0.05, 0) is 48.2 Å². The van der Waals surface area contributed by atoms with Gasteiger partial charge in [0.1, 0.15) is 23.2 Å². The maximum absolute atomic E-state index is 12.8. The number of amides is 1. The molecule has 0 radical (unpaired) electrons. The van der Waals surface area contributed by atoms with Gasteiger partial charge in [-0.15, -0.1) is 0 Å². The smallest absolute Gasteiger partial charge is 0.263 e. The Labute approximate surface area is 158 Å². The summed E-state index contributed by atoms with van der Waals surface area (Å²) in [6.45, 7) is 0.968. The van der Waals surface area contributed by atoms with Gasteiger partial charge in [0.15, 0.2) is 0 Å². The Balaban J connectivity index is 1.74. The van der Waals surface area contributed by atoms with E-state index in [1.165, 1.54) is 18.3 Å². The van der Waals surface area contributed by atoms with Crippen molar-refractivity contribution in [1.29, 1.82) is 5.26 Å². The van der Waals surface area contributed by atoms with Gasteiger partial charge in [0, 0.05) is 19.3 Å². The first-order valence-electron chi connectivity index (χ1n) is 8.61. The molecule has 2 N–H and O–H groups in total. The van der Waals surface area contributed by atoms with Gasteiger partial charge in [0.2, 0.25) is 0 Å². The third kappa shape index (κ3) is 6.83. The fourth-order valence-corrected chi connectivity index (χ4v) is 2.40. The molecule has 1 amide bonds. The van der Waals surface area contributed by atoms with E-state index in [2.05, 4.69) is 10.6 Å². The highest BCUT2D eigenvalue weighted by atomic mass is 19.1. The van der Waals surface area contributed by atoms with Crippen LogP contribution in [0.5, 0.6) is 5.75 Å². The van der Waals surface area contributed by atoms with Gasteiger partial charge in [-0.1, -0.05) is 24.3 Å². The average Bonchev–Trinajstić information content (AvgIpc) is 2.70. The first-order valence-corrected chi connectivity index (χ1v) is 8.61. The number of nitrogens with zero attached hydrogens (tertiary/aromatic N) is 1. The summed E-state index contributed by atoms with van der Waals surface area (Å²) in [7, 11) is 1.61. The summed E-state index contributed by atoms with van der Waals surface area (Å²) in [4.78, 5) is 12.1. The fraction of sp³-hybridized carbons (Fsp3) is 0.238. The van der Waals surface area contributed by atoms with Crippen LogP contribution in [0, 0.1) is 17.1 Å². The molecule has 0 aromatic heterocycles. The second kappa shape index (κ2) is 10.6. The molecule has 0 aliphatic carbocycles. The van der Waals surface area contributed by atoms with Crippen molar-refractivity contribution in [2.24, 2.45) is 0 Å². The van der Waals surface area contributed by atoms with Gasteiger partial charge in [-0.25, -0.2) is 4.39 Å². The van der Waals surface area contributed by atoms with Crippen LogP contribution in [-0.4, -0.2) is 26.1 Å². The van der Waals surface area contributed by atoms with Crippen molar-refractivity contribution in [2.75, 3.05) is 20.2 Å². The topological polar surface area (TPSA) is 74.1 Å². The normalized spacial score (nSPS) is 10.8. The molecule has 140 valence electrons. The van der Waals surface area contributed by atoms with Gasteiger partial charge >= 0.3 is 0 Å². The van der Waals surface area contributed by atoms with Crippen LogP contribution < -0.4 is 15.4 Å². The molecule has 2 aromatic rings. The summed E-state index contributed by atoms with van der Waals surface area (Å²) in [5.74, 6) is 0.0918. The van der Waals surface area contributed by atoms with Crippen molar-refractivity contribution in [3.05, 3.63) is 77.2 Å². The molecule has 6 heteroatoms. The van der Waals surface area contributed by atoms with Crippen LogP contribution in [0.1, 0.15) is 11.1 Å². The lowest BCUT2D eigenvalue weighted by atomic mass is 10.1. The lowest BCUT2D eigenvalue weighted by Gasteiger charge is -2.06. The maximum atomic E-state index is 12.8. The number of halogens is 1. The summed E-state index contributed by atoms with van der Waals surface area (Å²) in [5.41, 5.74) is 2.06. The second-order valence-corrected chi connectivity index (χ2v) is 5.85. The van der Waals surface area contributed by atoms with Crippen molar-refractivity contribution < 1.29 is 13.9 Å². The summed E-state index contributed by atoms with van der Waals surface area (Å²) < 4.78 is 17.9. The third-order valence-electron chi connectivity index (χ3n) is 3.94. The minimum Gasteiger partial charge on any atom is -0.497 e. The van der Waals surface area contributed by atoms with Crippen LogP contribution in [0.25, 0.3) is 0 Å². The SMILES string of the molecule is COc1ccc(CCNC(=O)/C(C#N)=C\NCCc2ccc(F)cc2)cc1. The molecule has 0 atom stereocenters. The maximum Gasteiger partial charge on any atom is 0.263 e.